The van der Waals surface area contributed by atoms with Crippen molar-refractivity contribution in [3.05, 3.63) is 88.5 Å². The quantitative estimate of drug-likeness (QED) is 0.134. The molecule has 0 spiro atoms. The van der Waals surface area contributed by atoms with Crippen molar-refractivity contribution in [2.24, 2.45) is 0 Å². The van der Waals surface area contributed by atoms with E-state index in [1.54, 1.807) is 0 Å². The minimum Gasteiger partial charge on any atom is -0.384 e. The Morgan fingerprint density at radius 2 is 1.44 bits per heavy atom. The summed E-state index contributed by atoms with van der Waals surface area (Å²) in [5.74, 6) is -5.10. The van der Waals surface area contributed by atoms with Gasteiger partial charge in [0.05, 0.1) is 24.6 Å². The molecule has 1 fully saturated rings. The zero-order valence-corrected chi connectivity index (χ0v) is 30.4. The maximum Gasteiger partial charge on any atom is 0.215 e. The van der Waals surface area contributed by atoms with Gasteiger partial charge in [-0.05, 0) is 76.4 Å². The highest BCUT2D eigenvalue weighted by Crippen LogP contribution is 2.50. The molecule has 2 aromatic rings. The van der Waals surface area contributed by atoms with Crippen molar-refractivity contribution >= 4 is 5.57 Å². The first kappa shape index (κ1) is 39.8. The van der Waals surface area contributed by atoms with Crippen LogP contribution in [0.3, 0.4) is 0 Å². The van der Waals surface area contributed by atoms with Gasteiger partial charge in [-0.2, -0.15) is 0 Å². The Morgan fingerprint density at radius 1 is 0.820 bits per heavy atom. The molecule has 4 rings (SSSR count). The number of benzene rings is 2. The third kappa shape index (κ3) is 9.06. The van der Waals surface area contributed by atoms with Gasteiger partial charge in [-0.15, -0.1) is 0 Å². The van der Waals surface area contributed by atoms with Gasteiger partial charge in [-0.3, -0.25) is 20.0 Å². The lowest BCUT2D eigenvalue weighted by Gasteiger charge is -2.44. The number of nitrogens with one attached hydrogen (secondary N) is 3. The summed E-state index contributed by atoms with van der Waals surface area (Å²) >= 11 is 0. The molecule has 0 radical (unpaired) electrons. The van der Waals surface area contributed by atoms with Crippen molar-refractivity contribution in [3.63, 3.8) is 0 Å². The summed E-state index contributed by atoms with van der Waals surface area (Å²) in [7, 11) is 0. The Labute approximate surface area is 294 Å². The largest absolute Gasteiger partial charge is 0.384 e. The Morgan fingerprint density at radius 3 is 2.06 bits per heavy atom. The minimum atomic E-state index is -2.70. The number of hydrogen-bond acceptors (Lipinski definition) is 7. The fourth-order valence-electron chi connectivity index (χ4n) is 7.08. The predicted octanol–water partition coefficient (Wildman–Crippen LogP) is 5.80. The minimum absolute atomic E-state index is 0.110. The number of rotatable bonds is 18. The van der Waals surface area contributed by atoms with Crippen molar-refractivity contribution in [3.8, 4) is 0 Å². The number of hydrogen-bond donors (Lipinski definition) is 3. The average molecular weight is 707 g/mol. The van der Waals surface area contributed by atoms with E-state index in [1.807, 2.05) is 41.5 Å². The first-order valence-electron chi connectivity index (χ1n) is 18.0. The van der Waals surface area contributed by atoms with Gasteiger partial charge < -0.3 is 15.4 Å². The third-order valence-corrected chi connectivity index (χ3v) is 10.0. The van der Waals surface area contributed by atoms with E-state index in [0.29, 0.717) is 59.0 Å². The number of ether oxygens (including phenoxy) is 1. The first-order valence-corrected chi connectivity index (χ1v) is 18.0. The fraction of sp³-hybridized carbons (Fsp3) is 0.579. The van der Waals surface area contributed by atoms with Gasteiger partial charge in [0.1, 0.15) is 17.5 Å². The molecule has 1 saturated heterocycles. The van der Waals surface area contributed by atoms with E-state index < -0.39 is 40.0 Å². The number of halogens is 5. The summed E-state index contributed by atoms with van der Waals surface area (Å²) in [6, 6.07) is 7.52. The van der Waals surface area contributed by atoms with Crippen molar-refractivity contribution in [1.82, 2.24) is 30.7 Å². The maximum atomic E-state index is 18.7. The van der Waals surface area contributed by atoms with E-state index in [4.69, 9.17) is 4.74 Å². The Kier molecular flexibility index (Phi) is 14.3. The maximum absolute atomic E-state index is 18.7. The van der Waals surface area contributed by atoms with Crippen LogP contribution in [0.2, 0.25) is 0 Å². The lowest BCUT2D eigenvalue weighted by Crippen LogP contribution is -2.55. The number of nitrogens with zero attached hydrogens (tertiary/aromatic N) is 3. The molecule has 0 amide bonds. The average Bonchev–Trinajstić information content (AvgIpc) is 3.11. The summed E-state index contributed by atoms with van der Waals surface area (Å²) in [5, 5.41) is 9.34. The van der Waals surface area contributed by atoms with E-state index >= 15 is 13.2 Å². The highest BCUT2D eigenvalue weighted by molar-refractivity contribution is 5.81. The molecule has 1 aliphatic carbocycles. The van der Waals surface area contributed by atoms with Crippen LogP contribution in [-0.4, -0.2) is 111 Å². The summed E-state index contributed by atoms with van der Waals surface area (Å²) in [4.78, 5) is 6.43. The smallest absolute Gasteiger partial charge is 0.215 e. The standard InChI is InChI=1S/C38H55F5N6O/c1-7-48(8-2)27(5)25-45-36-35(32-23-31(40)14-15-33(32)41)37(42,46-26-28(6)49(9-3)10-4)24-34(44-16-17-47-18-20-50-21-19-47)38(36,43)29-12-11-13-30(39)22-29/h11-15,22-24,27-28,44-46H,7-10,16-21,25-26H2,1-6H3. The SMILES string of the molecule is CCN(CC)C(C)CNC1=C(c2cc(F)ccc2F)C(F)(NCC(C)N(CC)CC)C=C(NCCN2CCOCC2)C1(F)c1cccc(F)c1. The molecule has 278 valence electrons. The highest BCUT2D eigenvalue weighted by atomic mass is 19.2. The highest BCUT2D eigenvalue weighted by Gasteiger charge is 2.53. The molecule has 3 N–H and O–H groups in total. The van der Waals surface area contributed by atoms with E-state index in [0.717, 1.165) is 30.3 Å². The lowest BCUT2D eigenvalue weighted by molar-refractivity contribution is 0.0384. The van der Waals surface area contributed by atoms with E-state index in [-0.39, 0.29) is 48.7 Å². The molecule has 7 nitrogen and oxygen atoms in total. The third-order valence-electron chi connectivity index (χ3n) is 10.0. The van der Waals surface area contributed by atoms with Crippen LogP contribution in [0, 0.1) is 17.5 Å². The molecule has 12 heteroatoms. The summed E-state index contributed by atoms with van der Waals surface area (Å²) in [6.45, 7) is 18.3. The summed E-state index contributed by atoms with van der Waals surface area (Å²) < 4.78 is 88.1. The van der Waals surface area contributed by atoms with E-state index in [9.17, 15) is 8.78 Å². The molecule has 0 aromatic heterocycles. The number of alkyl halides is 2. The van der Waals surface area contributed by atoms with E-state index in [2.05, 4.69) is 30.7 Å². The first-order chi connectivity index (χ1) is 23.9. The van der Waals surface area contributed by atoms with Crippen LogP contribution in [0.1, 0.15) is 52.7 Å². The zero-order valence-electron chi connectivity index (χ0n) is 30.4. The van der Waals surface area contributed by atoms with Crippen molar-refractivity contribution in [2.75, 3.05) is 78.7 Å². The normalized spacial score (nSPS) is 22.9. The van der Waals surface area contributed by atoms with Crippen LogP contribution >= 0.6 is 0 Å². The number of morpholine rings is 1. The van der Waals surface area contributed by atoms with Gasteiger partial charge in [0.2, 0.25) is 11.5 Å². The topological polar surface area (TPSA) is 55.0 Å². The van der Waals surface area contributed by atoms with Gasteiger partial charge in [-0.1, -0.05) is 39.8 Å². The molecular formula is C38H55F5N6O. The van der Waals surface area contributed by atoms with Gasteiger partial charge in [0.25, 0.3) is 0 Å². The molecule has 2 aromatic carbocycles. The summed E-state index contributed by atoms with van der Waals surface area (Å²) in [6.07, 6.45) is 1.09. The molecule has 1 heterocycles. The Balaban J connectivity index is 1.96. The molecule has 50 heavy (non-hydrogen) atoms. The predicted molar refractivity (Wildman–Crippen MR) is 190 cm³/mol. The van der Waals surface area contributed by atoms with Crippen molar-refractivity contribution in [1.29, 1.82) is 0 Å². The van der Waals surface area contributed by atoms with Gasteiger partial charge >= 0.3 is 0 Å². The van der Waals surface area contributed by atoms with Gasteiger partial charge in [0, 0.05) is 68.1 Å². The molecule has 0 bridgehead atoms. The molecular weight excluding hydrogens is 651 g/mol. The monoisotopic (exact) mass is 706 g/mol. The Hall–Kier alpha value is -3.03. The molecule has 1 aliphatic heterocycles. The summed E-state index contributed by atoms with van der Waals surface area (Å²) in [5.41, 5.74) is -4.18. The number of likely N-dealkylation sites (N-methyl/N-ethyl adjacent to an activating group) is 2. The fourth-order valence-corrected chi connectivity index (χ4v) is 7.08. The molecule has 0 saturated carbocycles. The van der Waals surface area contributed by atoms with Crippen LogP contribution in [-0.2, 0) is 10.4 Å². The Bertz CT molecular complexity index is 1460. The molecule has 4 atom stereocenters. The molecule has 2 aliphatic rings. The lowest BCUT2D eigenvalue weighted by atomic mass is 9.76. The second-order valence-corrected chi connectivity index (χ2v) is 13.1. The van der Waals surface area contributed by atoms with Crippen LogP contribution in [0.15, 0.2) is 59.9 Å². The van der Waals surface area contributed by atoms with Crippen LogP contribution in [0.4, 0.5) is 22.0 Å². The van der Waals surface area contributed by atoms with Gasteiger partial charge in [0.15, 0.2) is 0 Å². The van der Waals surface area contributed by atoms with Crippen molar-refractivity contribution < 1.29 is 26.7 Å². The van der Waals surface area contributed by atoms with Crippen molar-refractivity contribution in [2.45, 2.75) is 65.1 Å². The zero-order chi connectivity index (χ0) is 36.5. The second-order valence-electron chi connectivity index (χ2n) is 13.1. The van der Waals surface area contributed by atoms with E-state index in [1.165, 1.54) is 18.2 Å². The molecule has 4 unspecified atom stereocenters. The van der Waals surface area contributed by atoms with Crippen LogP contribution in [0.5, 0.6) is 0 Å². The van der Waals surface area contributed by atoms with Crippen LogP contribution in [0.25, 0.3) is 5.57 Å². The van der Waals surface area contributed by atoms with Crippen LogP contribution < -0.4 is 16.0 Å². The second kappa shape index (κ2) is 17.9. The van der Waals surface area contributed by atoms with Gasteiger partial charge in [-0.25, -0.2) is 22.0 Å².